The molecule has 0 saturated carbocycles. The fourth-order valence-corrected chi connectivity index (χ4v) is 1.96. The van der Waals surface area contributed by atoms with E-state index in [2.05, 4.69) is 21.2 Å². The van der Waals surface area contributed by atoms with Gasteiger partial charge in [0.25, 0.3) is 5.69 Å². The topological polar surface area (TPSA) is 81.5 Å². The van der Waals surface area contributed by atoms with Gasteiger partial charge >= 0.3 is 5.97 Å². The van der Waals surface area contributed by atoms with Gasteiger partial charge in [0.15, 0.2) is 0 Å². The summed E-state index contributed by atoms with van der Waals surface area (Å²) in [6, 6.07) is 4.50. The summed E-state index contributed by atoms with van der Waals surface area (Å²) in [5.74, 6) is -0.216. The normalized spacial score (nSPS) is 10.0. The predicted octanol–water partition coefficient (Wildman–Crippen LogP) is 3.11. The van der Waals surface area contributed by atoms with Gasteiger partial charge in [0.2, 0.25) is 0 Å². The molecule has 1 N–H and O–H groups in total. The van der Waals surface area contributed by atoms with E-state index < -0.39 is 4.92 Å². The Bertz CT molecular complexity index is 465. The van der Waals surface area contributed by atoms with Crippen molar-refractivity contribution >= 4 is 33.3 Å². The van der Waals surface area contributed by atoms with Gasteiger partial charge in [0, 0.05) is 35.3 Å². The average Bonchev–Trinajstić information content (AvgIpc) is 2.36. The van der Waals surface area contributed by atoms with Crippen LogP contribution < -0.4 is 5.32 Å². The summed E-state index contributed by atoms with van der Waals surface area (Å²) in [7, 11) is 0. The first-order valence-corrected chi connectivity index (χ1v) is 6.67. The number of hydrogen-bond donors (Lipinski definition) is 1. The predicted molar refractivity (Wildman–Crippen MR) is 75.2 cm³/mol. The maximum Gasteiger partial charge on any atom is 0.305 e. The summed E-state index contributed by atoms with van der Waals surface area (Å²) in [6.45, 7) is 2.75. The summed E-state index contributed by atoms with van der Waals surface area (Å²) in [5.41, 5.74) is 0.790. The Morgan fingerprint density at radius 2 is 2.26 bits per heavy atom. The lowest BCUT2D eigenvalue weighted by Crippen LogP contribution is -2.08. The van der Waals surface area contributed by atoms with Crippen molar-refractivity contribution in [3.8, 4) is 0 Å². The molecule has 0 heterocycles. The molecule has 7 heteroatoms. The van der Waals surface area contributed by atoms with Crippen LogP contribution in [-0.2, 0) is 9.53 Å². The van der Waals surface area contributed by atoms with Crippen molar-refractivity contribution in [2.75, 3.05) is 18.5 Å². The van der Waals surface area contributed by atoms with Crippen molar-refractivity contribution in [2.24, 2.45) is 0 Å². The lowest BCUT2D eigenvalue weighted by atomic mass is 10.2. The number of nitro groups is 1. The van der Waals surface area contributed by atoms with Crippen LogP contribution in [0.2, 0.25) is 0 Å². The first-order chi connectivity index (χ1) is 9.04. The number of halogens is 1. The molecule has 0 bridgehead atoms. The highest BCUT2D eigenvalue weighted by molar-refractivity contribution is 9.10. The van der Waals surface area contributed by atoms with Crippen molar-refractivity contribution in [1.29, 1.82) is 0 Å². The van der Waals surface area contributed by atoms with Crippen molar-refractivity contribution in [2.45, 2.75) is 19.8 Å². The number of carbonyl (C=O) groups is 1. The van der Waals surface area contributed by atoms with Gasteiger partial charge in [-0.2, -0.15) is 0 Å². The van der Waals surface area contributed by atoms with E-state index in [1.54, 1.807) is 13.0 Å². The van der Waals surface area contributed by atoms with E-state index in [0.29, 0.717) is 30.5 Å². The third kappa shape index (κ3) is 5.25. The number of nitrogens with one attached hydrogen (secondary N) is 1. The number of ether oxygens (including phenoxy) is 1. The first-order valence-electron chi connectivity index (χ1n) is 5.88. The van der Waals surface area contributed by atoms with E-state index in [0.717, 1.165) is 5.69 Å². The second-order valence-electron chi connectivity index (χ2n) is 3.76. The van der Waals surface area contributed by atoms with Gasteiger partial charge in [-0.05, 0) is 35.3 Å². The van der Waals surface area contributed by atoms with Crippen LogP contribution in [0.3, 0.4) is 0 Å². The van der Waals surface area contributed by atoms with Gasteiger partial charge in [0.05, 0.1) is 11.5 Å². The molecule has 0 saturated heterocycles. The molecule has 1 rings (SSSR count). The number of carbonyl (C=O) groups excluding carboxylic acids is 1. The van der Waals surface area contributed by atoms with Gasteiger partial charge in [0.1, 0.15) is 0 Å². The number of nitrogens with zero attached hydrogens (tertiary/aromatic N) is 1. The van der Waals surface area contributed by atoms with E-state index in [-0.39, 0.29) is 11.7 Å². The number of hydrogen-bond acceptors (Lipinski definition) is 5. The Morgan fingerprint density at radius 3 is 2.84 bits per heavy atom. The zero-order valence-electron chi connectivity index (χ0n) is 10.5. The monoisotopic (exact) mass is 330 g/mol. The summed E-state index contributed by atoms with van der Waals surface area (Å²) < 4.78 is 5.43. The molecule has 6 nitrogen and oxygen atoms in total. The molecule has 0 amide bonds. The second-order valence-corrected chi connectivity index (χ2v) is 4.61. The highest BCUT2D eigenvalue weighted by Gasteiger charge is 2.08. The van der Waals surface area contributed by atoms with E-state index >= 15 is 0 Å². The van der Waals surface area contributed by atoms with Gasteiger partial charge in [-0.3, -0.25) is 14.9 Å². The molecule has 0 atom stereocenters. The van der Waals surface area contributed by atoms with Crippen LogP contribution in [-0.4, -0.2) is 24.0 Å². The zero-order chi connectivity index (χ0) is 14.3. The number of anilines is 1. The Morgan fingerprint density at radius 1 is 1.53 bits per heavy atom. The molecule has 0 aliphatic rings. The molecule has 0 aliphatic heterocycles. The molecule has 19 heavy (non-hydrogen) atoms. The standard InChI is InChI=1S/C12H15BrN2O4/c1-2-19-12(16)4-3-7-14-11-6-5-9(15(17)18)8-10(11)13/h5-6,8,14H,2-4,7H2,1H3. The van der Waals surface area contributed by atoms with Gasteiger partial charge in [-0.25, -0.2) is 0 Å². The Labute approximate surface area is 119 Å². The molecular formula is C12H15BrN2O4. The summed E-state index contributed by atoms with van der Waals surface area (Å²) in [6.07, 6.45) is 0.994. The number of rotatable bonds is 7. The van der Waals surface area contributed by atoms with Crippen molar-refractivity contribution in [3.63, 3.8) is 0 Å². The van der Waals surface area contributed by atoms with Gasteiger partial charge < -0.3 is 10.1 Å². The fraction of sp³-hybridized carbons (Fsp3) is 0.417. The molecule has 1 aromatic carbocycles. The molecule has 0 unspecified atom stereocenters. The van der Waals surface area contributed by atoms with Crippen LogP contribution >= 0.6 is 15.9 Å². The molecule has 1 aromatic rings. The second kappa shape index (κ2) is 7.73. The number of non-ortho nitro benzene ring substituents is 1. The highest BCUT2D eigenvalue weighted by Crippen LogP contribution is 2.26. The van der Waals surface area contributed by atoms with Crippen LogP contribution in [0.25, 0.3) is 0 Å². The number of benzene rings is 1. The smallest absolute Gasteiger partial charge is 0.305 e. The lowest BCUT2D eigenvalue weighted by Gasteiger charge is -2.08. The lowest BCUT2D eigenvalue weighted by molar-refractivity contribution is -0.384. The van der Waals surface area contributed by atoms with Crippen molar-refractivity contribution in [3.05, 3.63) is 32.8 Å². The van der Waals surface area contributed by atoms with Gasteiger partial charge in [-0.15, -0.1) is 0 Å². The molecule has 0 radical (unpaired) electrons. The minimum absolute atomic E-state index is 0.0314. The summed E-state index contributed by atoms with van der Waals surface area (Å²) >= 11 is 3.26. The number of nitro benzene ring substituents is 1. The minimum Gasteiger partial charge on any atom is -0.466 e. The maximum atomic E-state index is 11.1. The van der Waals surface area contributed by atoms with E-state index in [4.69, 9.17) is 4.74 Å². The minimum atomic E-state index is -0.449. The highest BCUT2D eigenvalue weighted by atomic mass is 79.9. The quantitative estimate of drug-likeness (QED) is 0.359. The fourth-order valence-electron chi connectivity index (χ4n) is 1.45. The number of esters is 1. The molecule has 104 valence electrons. The van der Waals surface area contributed by atoms with E-state index in [1.807, 2.05) is 0 Å². The van der Waals surface area contributed by atoms with Crippen LogP contribution in [0.5, 0.6) is 0 Å². The van der Waals surface area contributed by atoms with Crippen molar-refractivity contribution < 1.29 is 14.5 Å². The Kier molecular flexibility index (Phi) is 6.27. The Balaban J connectivity index is 2.41. The third-order valence-corrected chi connectivity index (χ3v) is 3.00. The zero-order valence-corrected chi connectivity index (χ0v) is 12.1. The molecule has 0 fully saturated rings. The molecule has 0 aliphatic carbocycles. The van der Waals surface area contributed by atoms with E-state index in [1.165, 1.54) is 12.1 Å². The van der Waals surface area contributed by atoms with Gasteiger partial charge in [-0.1, -0.05) is 0 Å². The van der Waals surface area contributed by atoms with Crippen LogP contribution in [0.15, 0.2) is 22.7 Å². The Hall–Kier alpha value is -1.63. The van der Waals surface area contributed by atoms with Crippen LogP contribution in [0.1, 0.15) is 19.8 Å². The SMILES string of the molecule is CCOC(=O)CCCNc1ccc([N+](=O)[O-])cc1Br. The van der Waals surface area contributed by atoms with Crippen LogP contribution in [0.4, 0.5) is 11.4 Å². The van der Waals surface area contributed by atoms with Crippen LogP contribution in [0, 0.1) is 10.1 Å². The molecular weight excluding hydrogens is 316 g/mol. The first kappa shape index (κ1) is 15.4. The summed E-state index contributed by atoms with van der Waals surface area (Å²) in [4.78, 5) is 21.2. The molecule has 0 spiro atoms. The van der Waals surface area contributed by atoms with E-state index in [9.17, 15) is 14.9 Å². The van der Waals surface area contributed by atoms with Crippen molar-refractivity contribution in [1.82, 2.24) is 0 Å². The molecule has 0 aromatic heterocycles. The summed E-state index contributed by atoms with van der Waals surface area (Å²) in [5, 5.41) is 13.7. The third-order valence-electron chi connectivity index (χ3n) is 2.34. The average molecular weight is 331 g/mol. The largest absolute Gasteiger partial charge is 0.466 e. The maximum absolute atomic E-state index is 11.1.